The summed E-state index contributed by atoms with van der Waals surface area (Å²) in [6.07, 6.45) is -1.81. The molecule has 1 aliphatic carbocycles. The second kappa shape index (κ2) is 6.11. The lowest BCUT2D eigenvalue weighted by Gasteiger charge is -2.33. The molecule has 2 rings (SSSR count). The van der Waals surface area contributed by atoms with E-state index in [2.05, 4.69) is 15.5 Å². The first-order valence-electron chi connectivity index (χ1n) is 7.12. The number of halogens is 3. The lowest BCUT2D eigenvalue weighted by Crippen LogP contribution is -2.45. The molecule has 0 amide bonds. The predicted molar refractivity (Wildman–Crippen MR) is 69.1 cm³/mol. The third kappa shape index (κ3) is 3.31. The van der Waals surface area contributed by atoms with Crippen LogP contribution in [0.5, 0.6) is 0 Å². The summed E-state index contributed by atoms with van der Waals surface area (Å²) in [7, 11) is 0. The number of aryl methyl sites for hydroxylation is 1. The zero-order valence-corrected chi connectivity index (χ0v) is 11.9. The van der Waals surface area contributed by atoms with Crippen molar-refractivity contribution in [1.29, 1.82) is 0 Å². The van der Waals surface area contributed by atoms with E-state index in [9.17, 15) is 13.2 Å². The Labute approximate surface area is 116 Å². The maximum Gasteiger partial charge on any atom is 0.393 e. The molecule has 20 heavy (non-hydrogen) atoms. The molecule has 2 atom stereocenters. The number of aromatic nitrogens is 3. The van der Waals surface area contributed by atoms with Crippen molar-refractivity contribution in [3.8, 4) is 0 Å². The van der Waals surface area contributed by atoms with Crippen molar-refractivity contribution in [1.82, 2.24) is 20.1 Å². The van der Waals surface area contributed by atoms with E-state index in [0.29, 0.717) is 25.2 Å². The fraction of sp³-hybridized carbons (Fsp3) is 0.846. The van der Waals surface area contributed by atoms with Gasteiger partial charge in [0, 0.05) is 12.6 Å². The zero-order valence-electron chi connectivity index (χ0n) is 11.9. The number of rotatable bonds is 4. The van der Waals surface area contributed by atoms with Crippen molar-refractivity contribution in [3.05, 3.63) is 11.6 Å². The van der Waals surface area contributed by atoms with Gasteiger partial charge in [-0.05, 0) is 26.7 Å². The number of hydrogen-bond acceptors (Lipinski definition) is 3. The Morgan fingerprint density at radius 3 is 2.60 bits per heavy atom. The highest BCUT2D eigenvalue weighted by molar-refractivity contribution is 4.95. The van der Waals surface area contributed by atoms with Gasteiger partial charge in [0.05, 0.1) is 12.5 Å². The van der Waals surface area contributed by atoms with Gasteiger partial charge < -0.3 is 9.88 Å². The molecule has 1 aliphatic rings. The summed E-state index contributed by atoms with van der Waals surface area (Å²) in [6, 6.07) is -0.508. The molecule has 0 unspecified atom stereocenters. The van der Waals surface area contributed by atoms with Gasteiger partial charge in [-0.1, -0.05) is 12.8 Å². The molecule has 1 heterocycles. The minimum Gasteiger partial charge on any atom is -0.314 e. The van der Waals surface area contributed by atoms with Gasteiger partial charge in [0.2, 0.25) is 0 Å². The van der Waals surface area contributed by atoms with Crippen LogP contribution in [0.25, 0.3) is 0 Å². The smallest absolute Gasteiger partial charge is 0.314 e. The molecule has 4 nitrogen and oxygen atoms in total. The van der Waals surface area contributed by atoms with Crippen molar-refractivity contribution < 1.29 is 13.2 Å². The second-order valence-corrected chi connectivity index (χ2v) is 5.33. The van der Waals surface area contributed by atoms with Crippen LogP contribution >= 0.6 is 0 Å². The van der Waals surface area contributed by atoms with Crippen LogP contribution in [0.2, 0.25) is 0 Å². The van der Waals surface area contributed by atoms with Gasteiger partial charge in [-0.25, -0.2) is 0 Å². The Morgan fingerprint density at radius 1 is 1.25 bits per heavy atom. The van der Waals surface area contributed by atoms with Gasteiger partial charge in [-0.15, -0.1) is 10.2 Å². The summed E-state index contributed by atoms with van der Waals surface area (Å²) in [5.41, 5.74) is 0. The van der Waals surface area contributed by atoms with E-state index in [1.54, 1.807) is 0 Å². The minimum atomic E-state index is -4.12. The highest BCUT2D eigenvalue weighted by Crippen LogP contribution is 2.37. The molecule has 0 saturated heterocycles. The predicted octanol–water partition coefficient (Wildman–Crippen LogP) is 2.82. The molecule has 0 radical (unpaired) electrons. The van der Waals surface area contributed by atoms with Crippen molar-refractivity contribution in [2.24, 2.45) is 5.92 Å². The largest absolute Gasteiger partial charge is 0.393 e. The monoisotopic (exact) mass is 290 g/mol. The van der Waals surface area contributed by atoms with Crippen LogP contribution in [0.4, 0.5) is 13.2 Å². The molecule has 1 N–H and O–H groups in total. The molecule has 1 aromatic heterocycles. The summed E-state index contributed by atoms with van der Waals surface area (Å²) in [4.78, 5) is 0. The van der Waals surface area contributed by atoms with E-state index in [1.165, 1.54) is 0 Å². The highest BCUT2D eigenvalue weighted by Gasteiger charge is 2.45. The van der Waals surface area contributed by atoms with Crippen LogP contribution < -0.4 is 5.32 Å². The van der Waals surface area contributed by atoms with Gasteiger partial charge in [0.15, 0.2) is 0 Å². The zero-order chi connectivity index (χ0) is 14.8. The Balaban J connectivity index is 2.01. The lowest BCUT2D eigenvalue weighted by atomic mass is 9.84. The lowest BCUT2D eigenvalue weighted by molar-refractivity contribution is -0.189. The van der Waals surface area contributed by atoms with Crippen molar-refractivity contribution >= 4 is 0 Å². The molecule has 0 spiro atoms. The first-order chi connectivity index (χ1) is 9.43. The Morgan fingerprint density at radius 2 is 1.95 bits per heavy atom. The Bertz CT molecular complexity index is 441. The Hall–Kier alpha value is -1.11. The quantitative estimate of drug-likeness (QED) is 0.927. The number of alkyl halides is 3. The average Bonchev–Trinajstić information content (AvgIpc) is 2.76. The van der Waals surface area contributed by atoms with E-state index in [-0.39, 0.29) is 6.42 Å². The summed E-state index contributed by atoms with van der Waals surface area (Å²) in [6.45, 7) is 4.88. The van der Waals surface area contributed by atoms with E-state index >= 15 is 0 Å². The topological polar surface area (TPSA) is 42.7 Å². The summed E-state index contributed by atoms with van der Waals surface area (Å²) >= 11 is 0. The third-order valence-corrected chi connectivity index (χ3v) is 4.04. The first-order valence-corrected chi connectivity index (χ1v) is 7.12. The van der Waals surface area contributed by atoms with Crippen LogP contribution in [0, 0.1) is 12.8 Å². The van der Waals surface area contributed by atoms with Crippen LogP contribution in [0.1, 0.15) is 44.3 Å². The molecule has 7 heteroatoms. The second-order valence-electron chi connectivity index (χ2n) is 5.33. The maximum atomic E-state index is 13.0. The molecule has 1 fully saturated rings. The van der Waals surface area contributed by atoms with Crippen molar-refractivity contribution in [2.45, 2.75) is 64.8 Å². The van der Waals surface area contributed by atoms with Gasteiger partial charge in [0.25, 0.3) is 0 Å². The summed E-state index contributed by atoms with van der Waals surface area (Å²) in [5, 5.41) is 11.0. The number of nitrogens with one attached hydrogen (secondary N) is 1. The molecule has 1 saturated carbocycles. The van der Waals surface area contributed by atoms with E-state index in [0.717, 1.165) is 18.8 Å². The highest BCUT2D eigenvalue weighted by atomic mass is 19.4. The first kappa shape index (κ1) is 15.3. The fourth-order valence-corrected chi connectivity index (χ4v) is 2.96. The van der Waals surface area contributed by atoms with E-state index in [1.807, 2.05) is 18.4 Å². The Kier molecular flexibility index (Phi) is 4.67. The molecule has 0 bridgehead atoms. The van der Waals surface area contributed by atoms with Crippen molar-refractivity contribution in [3.63, 3.8) is 0 Å². The number of hydrogen-bond donors (Lipinski definition) is 1. The minimum absolute atomic E-state index is 0.223. The van der Waals surface area contributed by atoms with Gasteiger partial charge in [0.1, 0.15) is 11.6 Å². The SMILES string of the molecule is CCn1c(C)nnc1CN[C@H]1CCCC[C@H]1C(F)(F)F. The normalized spacial score (nSPS) is 24.1. The van der Waals surface area contributed by atoms with Crippen molar-refractivity contribution in [2.75, 3.05) is 0 Å². The van der Waals surface area contributed by atoms with Gasteiger partial charge in [-0.3, -0.25) is 0 Å². The fourth-order valence-electron chi connectivity index (χ4n) is 2.96. The van der Waals surface area contributed by atoms with Crippen LogP contribution in [-0.4, -0.2) is 27.0 Å². The van der Waals surface area contributed by atoms with Gasteiger partial charge >= 0.3 is 6.18 Å². The molecule has 114 valence electrons. The third-order valence-electron chi connectivity index (χ3n) is 4.04. The summed E-state index contributed by atoms with van der Waals surface area (Å²) < 4.78 is 40.9. The summed E-state index contributed by atoms with van der Waals surface area (Å²) in [5.74, 6) is 0.257. The van der Waals surface area contributed by atoms with E-state index < -0.39 is 18.1 Å². The van der Waals surface area contributed by atoms with E-state index in [4.69, 9.17) is 0 Å². The average molecular weight is 290 g/mol. The molecule has 0 aromatic carbocycles. The molecular weight excluding hydrogens is 269 g/mol. The van der Waals surface area contributed by atoms with Gasteiger partial charge in [-0.2, -0.15) is 13.2 Å². The maximum absolute atomic E-state index is 13.0. The molecule has 1 aromatic rings. The number of nitrogens with zero attached hydrogens (tertiary/aromatic N) is 3. The standard InChI is InChI=1S/C13H21F3N4/c1-3-20-9(2)18-19-12(20)8-17-11-7-5-4-6-10(11)13(14,15)16/h10-11,17H,3-8H2,1-2H3/t10-,11+/m1/s1. The molecular formula is C13H21F3N4. The molecule has 0 aliphatic heterocycles. The van der Waals surface area contributed by atoms with Crippen LogP contribution in [0.3, 0.4) is 0 Å². The van der Waals surface area contributed by atoms with Crippen LogP contribution in [0.15, 0.2) is 0 Å². The van der Waals surface area contributed by atoms with Crippen LogP contribution in [-0.2, 0) is 13.1 Å².